The lowest BCUT2D eigenvalue weighted by atomic mass is 9.67. The van der Waals surface area contributed by atoms with Crippen LogP contribution in [0.15, 0.2) is 29.4 Å². The lowest BCUT2D eigenvalue weighted by Crippen LogP contribution is -2.53. The molecule has 2 rings (SSSR count). The van der Waals surface area contributed by atoms with Gasteiger partial charge in [0.05, 0.1) is 0 Å². The quantitative estimate of drug-likeness (QED) is 0.332. The molecule has 0 unspecified atom stereocenters. The molecule has 5 nitrogen and oxygen atoms in total. The van der Waals surface area contributed by atoms with E-state index in [1.165, 1.54) is 12.1 Å². The average Bonchev–Trinajstić information content (AvgIpc) is 2.36. The Bertz CT molecular complexity index is 495. The second kappa shape index (κ2) is 5.26. The first-order chi connectivity index (χ1) is 9.08. The number of oxime groups is 1. The molecule has 1 amide bonds. The molecule has 1 aromatic rings. The van der Waals surface area contributed by atoms with Crippen molar-refractivity contribution in [3.63, 3.8) is 0 Å². The fourth-order valence-electron chi connectivity index (χ4n) is 2.18. The van der Waals surface area contributed by atoms with Gasteiger partial charge in [-0.3, -0.25) is 4.79 Å². The smallest absolute Gasteiger partial charge is 0.234 e. The molecule has 0 bridgehead atoms. The summed E-state index contributed by atoms with van der Waals surface area (Å²) in [6, 6.07) is 5.88. The highest BCUT2D eigenvalue weighted by Crippen LogP contribution is 2.41. The number of benzene rings is 1. The molecule has 0 aromatic heterocycles. The van der Waals surface area contributed by atoms with E-state index in [1.807, 2.05) is 0 Å². The van der Waals surface area contributed by atoms with Crippen LogP contribution < -0.4 is 11.1 Å². The van der Waals surface area contributed by atoms with E-state index in [9.17, 15) is 9.18 Å². The molecule has 0 heterocycles. The third-order valence-corrected chi connectivity index (χ3v) is 3.61. The maximum Gasteiger partial charge on any atom is 0.234 e. The zero-order valence-corrected chi connectivity index (χ0v) is 10.4. The zero-order valence-electron chi connectivity index (χ0n) is 10.4. The molecule has 0 radical (unpaired) electrons. The summed E-state index contributed by atoms with van der Waals surface area (Å²) in [6.07, 6.45) is 2.04. The van der Waals surface area contributed by atoms with Crippen LogP contribution in [0.5, 0.6) is 0 Å². The normalized spacial score (nSPS) is 17.6. The number of hydrogen-bond acceptors (Lipinski definition) is 3. The van der Waals surface area contributed by atoms with Gasteiger partial charge < -0.3 is 16.3 Å². The number of carbonyl (C=O) groups is 1. The second-order valence-corrected chi connectivity index (χ2v) is 4.73. The Hall–Kier alpha value is -2.11. The van der Waals surface area contributed by atoms with Crippen LogP contribution in [0.25, 0.3) is 0 Å². The van der Waals surface area contributed by atoms with Gasteiger partial charge in [0.2, 0.25) is 5.91 Å². The number of halogens is 1. The van der Waals surface area contributed by atoms with Crippen LogP contribution >= 0.6 is 0 Å². The molecule has 1 saturated carbocycles. The van der Waals surface area contributed by atoms with Crippen LogP contribution in [0.1, 0.15) is 24.8 Å². The van der Waals surface area contributed by atoms with Crippen LogP contribution in [0.4, 0.5) is 4.39 Å². The Labute approximate surface area is 110 Å². The number of carbonyl (C=O) groups excluding carboxylic acids is 1. The van der Waals surface area contributed by atoms with Gasteiger partial charge in [-0.1, -0.05) is 23.7 Å². The largest absolute Gasteiger partial charge is 0.409 e. The molecule has 0 saturated heterocycles. The van der Waals surface area contributed by atoms with Crippen molar-refractivity contribution in [1.82, 2.24) is 5.32 Å². The maximum atomic E-state index is 12.7. The third kappa shape index (κ3) is 2.52. The first kappa shape index (κ1) is 13.3. The summed E-state index contributed by atoms with van der Waals surface area (Å²) < 4.78 is 12.7. The van der Waals surface area contributed by atoms with E-state index in [0.29, 0.717) is 19.4 Å². The lowest BCUT2D eigenvalue weighted by Gasteiger charge is -2.38. The average molecular weight is 265 g/mol. The van der Waals surface area contributed by atoms with Crippen molar-refractivity contribution in [3.8, 4) is 0 Å². The molecule has 1 aliphatic carbocycles. The highest BCUT2D eigenvalue weighted by Gasteiger charge is 2.48. The minimum Gasteiger partial charge on any atom is -0.409 e. The zero-order chi connectivity index (χ0) is 13.9. The van der Waals surface area contributed by atoms with Crippen molar-refractivity contribution in [1.29, 1.82) is 0 Å². The Morgan fingerprint density at radius 3 is 2.53 bits per heavy atom. The van der Waals surface area contributed by atoms with Crippen LogP contribution in [0.2, 0.25) is 0 Å². The molecule has 6 heteroatoms. The second-order valence-electron chi connectivity index (χ2n) is 4.73. The van der Waals surface area contributed by atoms with Crippen molar-refractivity contribution in [2.24, 2.45) is 16.3 Å². The third-order valence-electron chi connectivity index (χ3n) is 3.61. The Balaban J connectivity index is 1.99. The summed E-state index contributed by atoms with van der Waals surface area (Å²) in [5.41, 5.74) is 5.51. The summed E-state index contributed by atoms with van der Waals surface area (Å²) in [6.45, 7) is 0.291. The van der Waals surface area contributed by atoms with E-state index >= 15 is 0 Å². The fourth-order valence-corrected chi connectivity index (χ4v) is 2.18. The molecule has 102 valence electrons. The van der Waals surface area contributed by atoms with Gasteiger partial charge in [-0.15, -0.1) is 0 Å². The van der Waals surface area contributed by atoms with Crippen LogP contribution in [-0.2, 0) is 11.3 Å². The number of rotatable bonds is 4. The molecule has 1 aromatic carbocycles. The summed E-state index contributed by atoms with van der Waals surface area (Å²) in [5.74, 6) is -0.615. The summed E-state index contributed by atoms with van der Waals surface area (Å²) in [7, 11) is 0. The minimum absolute atomic E-state index is 0.0460. The fraction of sp³-hybridized carbons (Fsp3) is 0.385. The van der Waals surface area contributed by atoms with Crippen molar-refractivity contribution in [2.45, 2.75) is 25.8 Å². The minimum atomic E-state index is -0.880. The predicted molar refractivity (Wildman–Crippen MR) is 67.9 cm³/mol. The van der Waals surface area contributed by atoms with Gasteiger partial charge in [-0.25, -0.2) is 4.39 Å². The molecular weight excluding hydrogens is 249 g/mol. The Morgan fingerprint density at radius 1 is 1.42 bits per heavy atom. The number of nitrogens with two attached hydrogens (primary N) is 1. The molecule has 0 spiro atoms. The van der Waals surface area contributed by atoms with Crippen molar-refractivity contribution in [3.05, 3.63) is 35.6 Å². The topological polar surface area (TPSA) is 87.7 Å². The van der Waals surface area contributed by atoms with Gasteiger partial charge in [-0.2, -0.15) is 0 Å². The van der Waals surface area contributed by atoms with E-state index in [2.05, 4.69) is 10.5 Å². The first-order valence-electron chi connectivity index (χ1n) is 6.09. The number of nitrogens with zero attached hydrogens (tertiary/aromatic N) is 1. The molecule has 19 heavy (non-hydrogen) atoms. The van der Waals surface area contributed by atoms with E-state index < -0.39 is 5.41 Å². The number of amidine groups is 1. The maximum absolute atomic E-state index is 12.7. The molecular formula is C13H16FN3O2. The van der Waals surface area contributed by atoms with E-state index in [-0.39, 0.29) is 17.6 Å². The monoisotopic (exact) mass is 265 g/mol. The van der Waals surface area contributed by atoms with E-state index in [0.717, 1.165) is 12.0 Å². The number of nitrogens with one attached hydrogen (secondary N) is 1. The van der Waals surface area contributed by atoms with Gasteiger partial charge in [0.15, 0.2) is 5.84 Å². The van der Waals surface area contributed by atoms with Gasteiger partial charge in [-0.05, 0) is 30.5 Å². The van der Waals surface area contributed by atoms with Crippen LogP contribution in [0.3, 0.4) is 0 Å². The molecule has 4 N–H and O–H groups in total. The van der Waals surface area contributed by atoms with Crippen molar-refractivity contribution in [2.75, 3.05) is 0 Å². The van der Waals surface area contributed by atoms with Crippen molar-refractivity contribution >= 4 is 11.7 Å². The Kier molecular flexibility index (Phi) is 3.69. The molecule has 0 atom stereocenters. The van der Waals surface area contributed by atoms with Crippen LogP contribution in [-0.4, -0.2) is 17.0 Å². The SMILES string of the molecule is N/C(=N/O)C1(C(=O)NCc2ccc(F)cc2)CCC1. The van der Waals surface area contributed by atoms with E-state index in [1.54, 1.807) is 12.1 Å². The summed E-state index contributed by atoms with van der Waals surface area (Å²) in [4.78, 5) is 12.1. The van der Waals surface area contributed by atoms with Crippen LogP contribution in [0, 0.1) is 11.2 Å². The Morgan fingerprint density at radius 2 is 2.05 bits per heavy atom. The standard InChI is InChI=1S/C13H16FN3O2/c14-10-4-2-9(3-5-10)8-16-12(18)13(6-1-7-13)11(15)17-19/h2-5,19H,1,6-8H2,(H2,15,17)(H,16,18). The highest BCUT2D eigenvalue weighted by molar-refractivity contribution is 6.07. The first-order valence-corrected chi connectivity index (χ1v) is 6.09. The van der Waals surface area contributed by atoms with Crippen molar-refractivity contribution < 1.29 is 14.4 Å². The number of hydrogen-bond donors (Lipinski definition) is 3. The lowest BCUT2D eigenvalue weighted by molar-refractivity contribution is -0.131. The van der Waals surface area contributed by atoms with Gasteiger partial charge in [0.25, 0.3) is 0 Å². The molecule has 1 fully saturated rings. The van der Waals surface area contributed by atoms with Gasteiger partial charge in [0.1, 0.15) is 11.2 Å². The summed E-state index contributed by atoms with van der Waals surface area (Å²) in [5, 5.41) is 14.4. The van der Waals surface area contributed by atoms with Gasteiger partial charge in [0, 0.05) is 6.54 Å². The van der Waals surface area contributed by atoms with Gasteiger partial charge >= 0.3 is 0 Å². The number of amides is 1. The molecule has 0 aliphatic heterocycles. The van der Waals surface area contributed by atoms with E-state index in [4.69, 9.17) is 10.9 Å². The summed E-state index contributed by atoms with van der Waals surface area (Å²) >= 11 is 0. The molecule has 1 aliphatic rings. The highest BCUT2D eigenvalue weighted by atomic mass is 19.1. The predicted octanol–water partition coefficient (Wildman–Crippen LogP) is 1.36.